The van der Waals surface area contributed by atoms with E-state index in [2.05, 4.69) is 38.0 Å². The number of nitrogens with zero attached hydrogens (tertiary/aromatic N) is 1. The second-order valence-corrected chi connectivity index (χ2v) is 6.81. The fourth-order valence-corrected chi connectivity index (χ4v) is 2.93. The number of nitrogens with one attached hydrogen (secondary N) is 1. The van der Waals surface area contributed by atoms with E-state index >= 15 is 0 Å². The van der Waals surface area contributed by atoms with E-state index in [1.807, 2.05) is 17.5 Å². The van der Waals surface area contributed by atoms with Crippen LogP contribution in [0.5, 0.6) is 0 Å². The number of hydrogen-bond donors (Lipinski definition) is 2. The maximum atomic E-state index is 5.77. The van der Waals surface area contributed by atoms with E-state index in [0.29, 0.717) is 18.0 Å². The van der Waals surface area contributed by atoms with Crippen molar-refractivity contribution in [2.24, 2.45) is 11.7 Å². The summed E-state index contributed by atoms with van der Waals surface area (Å²) in [6.07, 6.45) is 6.69. The van der Waals surface area contributed by atoms with Gasteiger partial charge in [0.05, 0.1) is 6.04 Å². The highest BCUT2D eigenvalue weighted by molar-refractivity contribution is 7.11. The van der Waals surface area contributed by atoms with E-state index < -0.39 is 0 Å². The van der Waals surface area contributed by atoms with Crippen molar-refractivity contribution in [3.05, 3.63) is 16.1 Å². The molecule has 0 spiro atoms. The fraction of sp³-hybridized carbons (Fsp3) is 0.800. The second-order valence-electron chi connectivity index (χ2n) is 5.66. The van der Waals surface area contributed by atoms with Crippen LogP contribution in [0.15, 0.2) is 6.20 Å². The molecular formula is C15H29N3S. The first kappa shape index (κ1) is 16.6. The van der Waals surface area contributed by atoms with Gasteiger partial charge in [-0.25, -0.2) is 4.98 Å². The van der Waals surface area contributed by atoms with Crippen LogP contribution in [-0.4, -0.2) is 17.6 Å². The lowest BCUT2D eigenvalue weighted by atomic mass is 10.0. The fourth-order valence-electron chi connectivity index (χ4n) is 2.04. The van der Waals surface area contributed by atoms with Crippen molar-refractivity contribution in [3.63, 3.8) is 0 Å². The molecule has 0 saturated carbocycles. The van der Waals surface area contributed by atoms with Gasteiger partial charge in [-0.2, -0.15) is 0 Å². The summed E-state index contributed by atoms with van der Waals surface area (Å²) in [7, 11) is 0. The third-order valence-corrected chi connectivity index (χ3v) is 4.74. The molecular weight excluding hydrogens is 254 g/mol. The molecule has 0 radical (unpaired) electrons. The molecule has 3 N–H and O–H groups in total. The van der Waals surface area contributed by atoms with Gasteiger partial charge in [-0.05, 0) is 45.6 Å². The molecule has 0 aliphatic heterocycles. The molecule has 0 aliphatic rings. The molecule has 3 atom stereocenters. The Morgan fingerprint density at radius 2 is 2.05 bits per heavy atom. The number of rotatable bonds is 9. The predicted molar refractivity (Wildman–Crippen MR) is 84.6 cm³/mol. The standard InChI is InChI=1S/C15H29N3S/c1-5-14-10-18-15(19-14)13(4)17-9-11(2)7-6-8-12(3)16/h10-13,17H,5-9,16H2,1-4H3. The van der Waals surface area contributed by atoms with Crippen LogP contribution in [0.25, 0.3) is 0 Å². The van der Waals surface area contributed by atoms with Gasteiger partial charge in [-0.1, -0.05) is 20.3 Å². The Balaban J connectivity index is 2.23. The van der Waals surface area contributed by atoms with Crippen molar-refractivity contribution in [3.8, 4) is 0 Å². The minimum absolute atomic E-state index is 0.335. The highest BCUT2D eigenvalue weighted by Crippen LogP contribution is 2.20. The van der Waals surface area contributed by atoms with E-state index in [9.17, 15) is 0 Å². The molecule has 0 amide bonds. The van der Waals surface area contributed by atoms with Crippen molar-refractivity contribution >= 4 is 11.3 Å². The largest absolute Gasteiger partial charge is 0.328 e. The summed E-state index contributed by atoms with van der Waals surface area (Å²) < 4.78 is 0. The highest BCUT2D eigenvalue weighted by Gasteiger charge is 2.11. The number of hydrogen-bond acceptors (Lipinski definition) is 4. The smallest absolute Gasteiger partial charge is 0.109 e. The van der Waals surface area contributed by atoms with Gasteiger partial charge in [-0.15, -0.1) is 11.3 Å². The van der Waals surface area contributed by atoms with Crippen LogP contribution in [0.2, 0.25) is 0 Å². The van der Waals surface area contributed by atoms with Gasteiger partial charge in [0.1, 0.15) is 5.01 Å². The Labute approximate surface area is 122 Å². The summed E-state index contributed by atoms with van der Waals surface area (Å²) in [5.74, 6) is 0.701. The zero-order valence-electron chi connectivity index (χ0n) is 12.8. The molecule has 1 aromatic heterocycles. The van der Waals surface area contributed by atoms with Gasteiger partial charge in [0.15, 0.2) is 0 Å². The summed E-state index contributed by atoms with van der Waals surface area (Å²) in [4.78, 5) is 5.86. The SMILES string of the molecule is CCc1cnc(C(C)NCC(C)CCCC(C)N)s1. The van der Waals surface area contributed by atoms with E-state index in [4.69, 9.17) is 5.73 Å². The Morgan fingerprint density at radius 3 is 2.63 bits per heavy atom. The maximum absolute atomic E-state index is 5.77. The lowest BCUT2D eigenvalue weighted by molar-refractivity contribution is 0.425. The number of aromatic nitrogens is 1. The Hall–Kier alpha value is -0.450. The second kappa shape index (κ2) is 8.67. The van der Waals surface area contributed by atoms with E-state index in [0.717, 1.165) is 19.4 Å². The molecule has 0 fully saturated rings. The predicted octanol–water partition coefficient (Wildman–Crippen LogP) is 3.51. The number of aryl methyl sites for hydroxylation is 1. The molecule has 3 nitrogen and oxygen atoms in total. The first-order valence-corrected chi connectivity index (χ1v) is 8.28. The van der Waals surface area contributed by atoms with E-state index in [1.54, 1.807) is 0 Å². The van der Waals surface area contributed by atoms with Crippen LogP contribution < -0.4 is 11.1 Å². The monoisotopic (exact) mass is 283 g/mol. The van der Waals surface area contributed by atoms with Crippen LogP contribution >= 0.6 is 11.3 Å². The summed E-state index contributed by atoms with van der Waals surface area (Å²) in [6, 6.07) is 0.697. The minimum Gasteiger partial charge on any atom is -0.328 e. The molecule has 0 bridgehead atoms. The van der Waals surface area contributed by atoms with Gasteiger partial charge in [0.2, 0.25) is 0 Å². The quantitative estimate of drug-likeness (QED) is 0.729. The topological polar surface area (TPSA) is 50.9 Å². The molecule has 0 aromatic carbocycles. The molecule has 1 heterocycles. The van der Waals surface area contributed by atoms with Crippen molar-refractivity contribution in [2.45, 2.75) is 65.5 Å². The Bertz CT molecular complexity index is 349. The Kier molecular flexibility index (Phi) is 7.57. The van der Waals surface area contributed by atoms with Crippen LogP contribution in [0.3, 0.4) is 0 Å². The lowest BCUT2D eigenvalue weighted by Gasteiger charge is -2.16. The minimum atomic E-state index is 0.335. The molecule has 0 saturated heterocycles. The molecule has 3 unspecified atom stereocenters. The average Bonchev–Trinajstić information content (AvgIpc) is 2.84. The van der Waals surface area contributed by atoms with E-state index in [1.165, 1.54) is 22.7 Å². The van der Waals surface area contributed by atoms with Crippen LogP contribution in [-0.2, 0) is 6.42 Å². The molecule has 4 heteroatoms. The van der Waals surface area contributed by atoms with Gasteiger partial charge in [0.25, 0.3) is 0 Å². The maximum Gasteiger partial charge on any atom is 0.109 e. The Morgan fingerprint density at radius 1 is 1.32 bits per heavy atom. The van der Waals surface area contributed by atoms with Crippen molar-refractivity contribution in [2.75, 3.05) is 6.54 Å². The van der Waals surface area contributed by atoms with Crippen molar-refractivity contribution in [1.29, 1.82) is 0 Å². The third-order valence-electron chi connectivity index (χ3n) is 3.42. The van der Waals surface area contributed by atoms with Gasteiger partial charge < -0.3 is 11.1 Å². The summed E-state index contributed by atoms with van der Waals surface area (Å²) in [5.41, 5.74) is 5.77. The van der Waals surface area contributed by atoms with Crippen LogP contribution in [0.1, 0.15) is 62.9 Å². The summed E-state index contributed by atoms with van der Waals surface area (Å²) >= 11 is 1.82. The first-order valence-electron chi connectivity index (χ1n) is 7.46. The zero-order chi connectivity index (χ0) is 14.3. The normalized spacial score (nSPS) is 16.3. The zero-order valence-corrected chi connectivity index (χ0v) is 13.6. The number of nitrogens with two attached hydrogens (primary N) is 1. The van der Waals surface area contributed by atoms with Crippen LogP contribution in [0.4, 0.5) is 0 Å². The van der Waals surface area contributed by atoms with Crippen molar-refractivity contribution in [1.82, 2.24) is 10.3 Å². The summed E-state index contributed by atoms with van der Waals surface area (Å²) in [5, 5.41) is 4.80. The lowest BCUT2D eigenvalue weighted by Crippen LogP contribution is -2.24. The highest BCUT2D eigenvalue weighted by atomic mass is 32.1. The van der Waals surface area contributed by atoms with Gasteiger partial charge >= 0.3 is 0 Å². The van der Waals surface area contributed by atoms with Gasteiger partial charge in [0, 0.05) is 17.1 Å². The molecule has 1 aromatic rings. The van der Waals surface area contributed by atoms with Crippen molar-refractivity contribution < 1.29 is 0 Å². The molecule has 110 valence electrons. The molecule has 19 heavy (non-hydrogen) atoms. The molecule has 1 rings (SSSR count). The van der Waals surface area contributed by atoms with Crippen LogP contribution in [0, 0.1) is 5.92 Å². The van der Waals surface area contributed by atoms with E-state index in [-0.39, 0.29) is 0 Å². The number of thiazole rings is 1. The first-order chi connectivity index (χ1) is 9.02. The summed E-state index contributed by atoms with van der Waals surface area (Å²) in [6.45, 7) is 9.82. The third kappa shape index (κ3) is 6.50. The average molecular weight is 283 g/mol. The van der Waals surface area contributed by atoms with Gasteiger partial charge in [-0.3, -0.25) is 0 Å². The molecule has 0 aliphatic carbocycles.